The van der Waals surface area contributed by atoms with Gasteiger partial charge in [-0.25, -0.2) is 4.79 Å². The van der Waals surface area contributed by atoms with Gasteiger partial charge in [0.25, 0.3) is 5.91 Å². The fraction of sp³-hybridized carbons (Fsp3) is 0.188. The number of aromatic amines is 1. The van der Waals surface area contributed by atoms with Crippen LogP contribution in [0.4, 0.5) is 5.82 Å². The van der Waals surface area contributed by atoms with Crippen LogP contribution in [0.5, 0.6) is 0 Å². The maximum atomic E-state index is 12.5. The summed E-state index contributed by atoms with van der Waals surface area (Å²) in [6, 6.07) is 11.3. The van der Waals surface area contributed by atoms with Crippen molar-refractivity contribution >= 4 is 11.7 Å². The van der Waals surface area contributed by atoms with Gasteiger partial charge in [-0.05, 0) is 12.5 Å². The number of anilines is 1. The molecular formula is C16H17N5O2. The minimum Gasteiger partial charge on any atom is -0.312 e. The van der Waals surface area contributed by atoms with Gasteiger partial charge in [-0.15, -0.1) is 0 Å². The number of benzene rings is 1. The molecule has 0 bridgehead atoms. The molecule has 1 amide bonds. The Morgan fingerprint density at radius 2 is 2.04 bits per heavy atom. The van der Waals surface area contributed by atoms with E-state index >= 15 is 0 Å². The number of aryl methyl sites for hydroxylation is 2. The Morgan fingerprint density at radius 3 is 2.70 bits per heavy atom. The topological polar surface area (TPSA) is 84.7 Å². The smallest absolute Gasteiger partial charge is 0.312 e. The van der Waals surface area contributed by atoms with Crippen molar-refractivity contribution in [3.8, 4) is 0 Å². The molecule has 118 valence electrons. The van der Waals surface area contributed by atoms with Crippen molar-refractivity contribution < 1.29 is 4.79 Å². The van der Waals surface area contributed by atoms with Gasteiger partial charge in [0.05, 0.1) is 12.2 Å². The molecule has 2 N–H and O–H groups in total. The molecule has 2 heterocycles. The van der Waals surface area contributed by atoms with Crippen molar-refractivity contribution in [2.45, 2.75) is 13.5 Å². The van der Waals surface area contributed by atoms with E-state index in [1.54, 1.807) is 17.8 Å². The highest BCUT2D eigenvalue weighted by Crippen LogP contribution is 2.10. The molecule has 23 heavy (non-hydrogen) atoms. The zero-order valence-electron chi connectivity index (χ0n) is 12.9. The second-order valence-electron chi connectivity index (χ2n) is 5.30. The molecular weight excluding hydrogens is 294 g/mol. The second kappa shape index (κ2) is 5.96. The number of amides is 1. The summed E-state index contributed by atoms with van der Waals surface area (Å²) in [4.78, 5) is 27.0. The van der Waals surface area contributed by atoms with Crippen LogP contribution in [-0.4, -0.2) is 25.2 Å². The molecule has 0 aliphatic carbocycles. The summed E-state index contributed by atoms with van der Waals surface area (Å²) in [5.41, 5.74) is 1.70. The first kappa shape index (κ1) is 14.8. The number of hydrogen-bond donors (Lipinski definition) is 2. The summed E-state index contributed by atoms with van der Waals surface area (Å²) >= 11 is 0. The Balaban J connectivity index is 1.87. The van der Waals surface area contributed by atoms with Gasteiger partial charge in [-0.3, -0.25) is 14.0 Å². The van der Waals surface area contributed by atoms with E-state index in [-0.39, 0.29) is 17.3 Å². The highest BCUT2D eigenvalue weighted by molar-refractivity contribution is 6.02. The first-order chi connectivity index (χ1) is 11.0. The Labute approximate surface area is 132 Å². The Bertz CT molecular complexity index is 889. The number of hydrogen-bond acceptors (Lipinski definition) is 3. The molecule has 0 atom stereocenters. The highest BCUT2D eigenvalue weighted by atomic mass is 16.2. The van der Waals surface area contributed by atoms with Gasteiger partial charge in [0, 0.05) is 19.3 Å². The van der Waals surface area contributed by atoms with Crippen LogP contribution < -0.4 is 11.0 Å². The van der Waals surface area contributed by atoms with Crippen molar-refractivity contribution in [2.75, 3.05) is 5.32 Å². The highest BCUT2D eigenvalue weighted by Gasteiger charge is 2.16. The lowest BCUT2D eigenvalue weighted by Crippen LogP contribution is -2.25. The fourth-order valence-corrected chi connectivity index (χ4v) is 2.41. The van der Waals surface area contributed by atoms with Gasteiger partial charge in [-0.1, -0.05) is 30.3 Å². The van der Waals surface area contributed by atoms with E-state index in [2.05, 4.69) is 15.4 Å². The summed E-state index contributed by atoms with van der Waals surface area (Å²) in [5, 5.41) is 6.95. The van der Waals surface area contributed by atoms with Crippen molar-refractivity contribution in [1.29, 1.82) is 0 Å². The first-order valence-corrected chi connectivity index (χ1v) is 7.19. The van der Waals surface area contributed by atoms with E-state index in [1.807, 2.05) is 37.3 Å². The molecule has 2 aromatic heterocycles. The largest absolute Gasteiger partial charge is 0.326 e. The molecule has 3 rings (SSSR count). The van der Waals surface area contributed by atoms with Gasteiger partial charge in [0.2, 0.25) is 0 Å². The quantitative estimate of drug-likeness (QED) is 0.766. The average Bonchev–Trinajstić information content (AvgIpc) is 3.03. The van der Waals surface area contributed by atoms with Crippen molar-refractivity contribution in [3.63, 3.8) is 0 Å². The van der Waals surface area contributed by atoms with Crippen LogP contribution in [-0.2, 0) is 13.6 Å². The number of nitrogens with one attached hydrogen (secondary N) is 2. The summed E-state index contributed by atoms with van der Waals surface area (Å²) in [6.45, 7) is 2.17. The Morgan fingerprint density at radius 1 is 1.30 bits per heavy atom. The summed E-state index contributed by atoms with van der Waals surface area (Å²) in [5.74, 6) is 0.217. The van der Waals surface area contributed by atoms with Crippen LogP contribution in [0.25, 0.3) is 0 Å². The molecule has 0 radical (unpaired) electrons. The monoisotopic (exact) mass is 311 g/mol. The van der Waals surface area contributed by atoms with Crippen LogP contribution in [0, 0.1) is 6.92 Å². The number of H-pyrrole nitrogens is 1. The molecule has 1 aromatic carbocycles. The van der Waals surface area contributed by atoms with Gasteiger partial charge in [0.15, 0.2) is 0 Å². The average molecular weight is 311 g/mol. The lowest BCUT2D eigenvalue weighted by Gasteiger charge is -2.08. The Hall–Kier alpha value is -3.09. The molecule has 0 aliphatic heterocycles. The molecule has 7 nitrogen and oxygen atoms in total. The molecule has 0 saturated carbocycles. The molecule has 7 heteroatoms. The van der Waals surface area contributed by atoms with Crippen LogP contribution in [0.3, 0.4) is 0 Å². The molecule has 0 aliphatic rings. The third-order valence-electron chi connectivity index (χ3n) is 3.53. The van der Waals surface area contributed by atoms with Gasteiger partial charge in [0.1, 0.15) is 11.5 Å². The first-order valence-electron chi connectivity index (χ1n) is 7.19. The lowest BCUT2D eigenvalue weighted by molar-refractivity contribution is 0.101. The zero-order valence-corrected chi connectivity index (χ0v) is 12.9. The molecule has 3 aromatic rings. The van der Waals surface area contributed by atoms with E-state index in [4.69, 9.17) is 0 Å². The second-order valence-corrected chi connectivity index (χ2v) is 5.30. The number of rotatable bonds is 4. The SMILES string of the molecule is Cc1cc(NC(=O)c2c[nH]c(=O)n2Cc2ccccc2)n(C)n1. The van der Waals surface area contributed by atoms with Crippen LogP contribution >= 0.6 is 0 Å². The third kappa shape index (κ3) is 3.08. The summed E-state index contributed by atoms with van der Waals surface area (Å²) in [7, 11) is 1.75. The number of carbonyl (C=O) groups excluding carboxylic acids is 1. The number of nitrogens with zero attached hydrogens (tertiary/aromatic N) is 3. The zero-order chi connectivity index (χ0) is 16.4. The number of imidazole rings is 1. The lowest BCUT2D eigenvalue weighted by atomic mass is 10.2. The van der Waals surface area contributed by atoms with E-state index in [0.29, 0.717) is 12.4 Å². The third-order valence-corrected chi connectivity index (χ3v) is 3.53. The van der Waals surface area contributed by atoms with Crippen LogP contribution in [0.2, 0.25) is 0 Å². The normalized spacial score (nSPS) is 10.7. The number of carbonyl (C=O) groups is 1. The van der Waals surface area contributed by atoms with Crippen molar-refractivity contribution in [3.05, 3.63) is 70.0 Å². The van der Waals surface area contributed by atoms with E-state index in [1.165, 1.54) is 10.8 Å². The summed E-state index contributed by atoms with van der Waals surface area (Å²) < 4.78 is 2.99. The fourth-order valence-electron chi connectivity index (χ4n) is 2.41. The van der Waals surface area contributed by atoms with Crippen molar-refractivity contribution in [2.24, 2.45) is 7.05 Å². The molecule has 0 spiro atoms. The predicted molar refractivity (Wildman–Crippen MR) is 86.5 cm³/mol. The molecule has 0 fully saturated rings. The van der Waals surface area contributed by atoms with Crippen LogP contribution in [0.1, 0.15) is 21.7 Å². The van der Waals surface area contributed by atoms with E-state index in [0.717, 1.165) is 11.3 Å². The Kier molecular flexibility index (Phi) is 3.84. The van der Waals surface area contributed by atoms with Gasteiger partial charge >= 0.3 is 5.69 Å². The van der Waals surface area contributed by atoms with Crippen LogP contribution in [0.15, 0.2) is 47.4 Å². The number of aromatic nitrogens is 4. The van der Waals surface area contributed by atoms with Gasteiger partial charge in [-0.2, -0.15) is 5.10 Å². The van der Waals surface area contributed by atoms with E-state index in [9.17, 15) is 9.59 Å². The van der Waals surface area contributed by atoms with E-state index < -0.39 is 0 Å². The molecule has 0 saturated heterocycles. The standard InChI is InChI=1S/C16H17N5O2/c1-11-8-14(20(2)19-11)18-15(22)13-9-17-16(23)21(13)10-12-6-4-3-5-7-12/h3-9H,10H2,1-2H3,(H,17,23)(H,18,22). The molecule has 0 unspecified atom stereocenters. The summed E-state index contributed by atoms with van der Waals surface area (Å²) in [6.07, 6.45) is 1.42. The predicted octanol–water partition coefficient (Wildman–Crippen LogP) is 1.52. The maximum Gasteiger partial charge on any atom is 0.326 e. The minimum atomic E-state index is -0.359. The maximum absolute atomic E-state index is 12.5. The van der Waals surface area contributed by atoms with Crippen molar-refractivity contribution in [1.82, 2.24) is 19.3 Å². The van der Waals surface area contributed by atoms with Gasteiger partial charge < -0.3 is 10.3 Å². The minimum absolute atomic E-state index is 0.276.